The molecule has 2 heterocycles. The smallest absolute Gasteiger partial charge is 0.319 e. The second-order valence-corrected chi connectivity index (χ2v) is 7.68. The lowest BCUT2D eigenvalue weighted by molar-refractivity contribution is -0.384. The van der Waals surface area contributed by atoms with Crippen molar-refractivity contribution in [3.63, 3.8) is 0 Å². The lowest BCUT2D eigenvalue weighted by atomic mass is 10.2. The van der Waals surface area contributed by atoms with Gasteiger partial charge < -0.3 is 9.47 Å². The fourth-order valence-corrected chi connectivity index (χ4v) is 3.80. The van der Waals surface area contributed by atoms with E-state index in [0.29, 0.717) is 29.7 Å². The molecule has 2 unspecified atom stereocenters. The zero-order valence-corrected chi connectivity index (χ0v) is 16.6. The van der Waals surface area contributed by atoms with Gasteiger partial charge in [-0.2, -0.15) is 0 Å². The molecule has 2 atom stereocenters. The Bertz CT molecular complexity index is 833. The summed E-state index contributed by atoms with van der Waals surface area (Å²) < 4.78 is 12.7. The molecule has 28 heavy (non-hydrogen) atoms. The van der Waals surface area contributed by atoms with Crippen molar-refractivity contribution in [2.45, 2.75) is 49.7 Å². The number of carbonyl (C=O) groups excluding carboxylic acids is 1. The van der Waals surface area contributed by atoms with Crippen molar-refractivity contribution in [2.75, 3.05) is 13.2 Å². The van der Waals surface area contributed by atoms with E-state index in [9.17, 15) is 14.9 Å². The van der Waals surface area contributed by atoms with Gasteiger partial charge in [0, 0.05) is 24.3 Å². The van der Waals surface area contributed by atoms with Crippen LogP contribution in [-0.4, -0.2) is 50.2 Å². The van der Waals surface area contributed by atoms with Crippen molar-refractivity contribution in [1.82, 2.24) is 14.8 Å². The standard InChI is InChI=1S/C18H22N4O5S/c1-3-26-17(23)12(2)28-18-20-19-16(21(18)11-15-5-4-10-27-15)13-6-8-14(9-7-13)22(24)25/h6-9,12,15H,3-5,10-11H2,1-2H3. The number of hydrogen-bond acceptors (Lipinski definition) is 8. The minimum Gasteiger partial charge on any atom is -0.465 e. The third kappa shape index (κ3) is 4.68. The third-order valence-electron chi connectivity index (χ3n) is 4.36. The highest BCUT2D eigenvalue weighted by Gasteiger charge is 2.25. The number of benzene rings is 1. The predicted octanol–water partition coefficient (Wildman–Crippen LogP) is 3.08. The Morgan fingerprint density at radius 1 is 1.43 bits per heavy atom. The summed E-state index contributed by atoms with van der Waals surface area (Å²) in [5, 5.41) is 19.6. The Balaban J connectivity index is 1.89. The second-order valence-electron chi connectivity index (χ2n) is 6.37. The number of hydrogen-bond donors (Lipinski definition) is 0. The molecule has 0 amide bonds. The van der Waals surface area contributed by atoms with Gasteiger partial charge >= 0.3 is 5.97 Å². The quantitative estimate of drug-likeness (QED) is 0.285. The van der Waals surface area contributed by atoms with E-state index < -0.39 is 10.2 Å². The zero-order chi connectivity index (χ0) is 20.1. The van der Waals surface area contributed by atoms with Gasteiger partial charge in [-0.05, 0) is 38.8 Å². The summed E-state index contributed by atoms with van der Waals surface area (Å²) in [5.74, 6) is 0.278. The van der Waals surface area contributed by atoms with Crippen LogP contribution in [-0.2, 0) is 20.8 Å². The van der Waals surface area contributed by atoms with E-state index in [-0.39, 0.29) is 17.8 Å². The monoisotopic (exact) mass is 406 g/mol. The lowest BCUT2D eigenvalue weighted by Gasteiger charge is -2.16. The van der Waals surface area contributed by atoms with Crippen LogP contribution in [0, 0.1) is 10.1 Å². The maximum Gasteiger partial charge on any atom is 0.319 e. The average molecular weight is 406 g/mol. The van der Waals surface area contributed by atoms with E-state index in [2.05, 4.69) is 10.2 Å². The highest BCUT2D eigenvalue weighted by Crippen LogP contribution is 2.30. The highest BCUT2D eigenvalue weighted by molar-refractivity contribution is 8.00. The van der Waals surface area contributed by atoms with Crippen LogP contribution in [0.2, 0.25) is 0 Å². The number of aromatic nitrogens is 3. The maximum absolute atomic E-state index is 12.0. The fourth-order valence-electron chi connectivity index (χ4n) is 2.94. The molecule has 1 saturated heterocycles. The van der Waals surface area contributed by atoms with Gasteiger partial charge in [-0.15, -0.1) is 10.2 Å². The third-order valence-corrected chi connectivity index (χ3v) is 5.42. The number of ether oxygens (including phenoxy) is 2. The van der Waals surface area contributed by atoms with Crippen molar-refractivity contribution in [1.29, 1.82) is 0 Å². The second kappa shape index (κ2) is 9.16. The van der Waals surface area contributed by atoms with Gasteiger partial charge in [-0.1, -0.05) is 11.8 Å². The fraction of sp³-hybridized carbons (Fsp3) is 0.500. The molecule has 1 aromatic carbocycles. The molecule has 10 heteroatoms. The molecular formula is C18H22N4O5S. The Kier molecular flexibility index (Phi) is 6.63. The Labute approximate surface area is 166 Å². The molecule has 3 rings (SSSR count). The number of nitro benzene ring substituents is 1. The first-order chi connectivity index (χ1) is 13.5. The summed E-state index contributed by atoms with van der Waals surface area (Å²) in [7, 11) is 0. The van der Waals surface area contributed by atoms with Crippen LogP contribution in [0.15, 0.2) is 29.4 Å². The summed E-state index contributed by atoms with van der Waals surface area (Å²) >= 11 is 1.28. The number of esters is 1. The van der Waals surface area contributed by atoms with Gasteiger partial charge in [0.1, 0.15) is 5.25 Å². The molecule has 2 aromatic rings. The molecule has 0 bridgehead atoms. The number of carbonyl (C=O) groups is 1. The van der Waals surface area contributed by atoms with Gasteiger partial charge in [-0.25, -0.2) is 0 Å². The maximum atomic E-state index is 12.0. The molecule has 1 aromatic heterocycles. The van der Waals surface area contributed by atoms with Crippen LogP contribution in [0.5, 0.6) is 0 Å². The molecule has 0 radical (unpaired) electrons. The Morgan fingerprint density at radius 2 is 2.18 bits per heavy atom. The number of nitro groups is 1. The van der Waals surface area contributed by atoms with Crippen LogP contribution in [0.25, 0.3) is 11.4 Å². The van der Waals surface area contributed by atoms with Crippen molar-refractivity contribution < 1.29 is 19.2 Å². The topological polar surface area (TPSA) is 109 Å². The van der Waals surface area contributed by atoms with Gasteiger partial charge in [0.05, 0.1) is 24.2 Å². The van der Waals surface area contributed by atoms with Crippen LogP contribution in [0.1, 0.15) is 26.7 Å². The molecule has 1 aliphatic heterocycles. The predicted molar refractivity (Wildman–Crippen MR) is 103 cm³/mol. The summed E-state index contributed by atoms with van der Waals surface area (Å²) in [6.07, 6.45) is 1.99. The number of thioether (sulfide) groups is 1. The Morgan fingerprint density at radius 3 is 2.79 bits per heavy atom. The van der Waals surface area contributed by atoms with E-state index in [1.54, 1.807) is 26.0 Å². The number of non-ortho nitro benzene ring substituents is 1. The zero-order valence-electron chi connectivity index (χ0n) is 15.7. The van der Waals surface area contributed by atoms with Gasteiger partial charge in [0.25, 0.3) is 5.69 Å². The molecule has 9 nitrogen and oxygen atoms in total. The molecule has 0 aliphatic carbocycles. The largest absolute Gasteiger partial charge is 0.465 e. The molecule has 1 aliphatic rings. The molecule has 0 saturated carbocycles. The van der Waals surface area contributed by atoms with Crippen LogP contribution in [0.3, 0.4) is 0 Å². The molecule has 1 fully saturated rings. The molecular weight excluding hydrogens is 384 g/mol. The van der Waals surface area contributed by atoms with Crippen molar-refractivity contribution in [3.05, 3.63) is 34.4 Å². The molecule has 0 spiro atoms. The first-order valence-corrected chi connectivity index (χ1v) is 10.0. The van der Waals surface area contributed by atoms with Gasteiger partial charge in [0.2, 0.25) is 0 Å². The number of nitrogens with zero attached hydrogens (tertiary/aromatic N) is 4. The van der Waals surface area contributed by atoms with Gasteiger partial charge in [-0.3, -0.25) is 19.5 Å². The minimum absolute atomic E-state index is 0.0134. The first-order valence-electron chi connectivity index (χ1n) is 9.12. The van der Waals surface area contributed by atoms with E-state index in [1.807, 2.05) is 4.57 Å². The molecule has 150 valence electrons. The average Bonchev–Trinajstić information content (AvgIpc) is 3.33. The van der Waals surface area contributed by atoms with E-state index in [1.165, 1.54) is 23.9 Å². The highest BCUT2D eigenvalue weighted by atomic mass is 32.2. The molecule has 0 N–H and O–H groups in total. The summed E-state index contributed by atoms with van der Waals surface area (Å²) in [5.41, 5.74) is 0.728. The van der Waals surface area contributed by atoms with Crippen molar-refractivity contribution in [2.24, 2.45) is 0 Å². The number of rotatable bonds is 8. The van der Waals surface area contributed by atoms with Crippen molar-refractivity contribution in [3.8, 4) is 11.4 Å². The summed E-state index contributed by atoms with van der Waals surface area (Å²) in [6.45, 7) is 5.13. The minimum atomic E-state index is -0.441. The first kappa shape index (κ1) is 20.3. The van der Waals surface area contributed by atoms with E-state index >= 15 is 0 Å². The SMILES string of the molecule is CCOC(=O)C(C)Sc1nnc(-c2ccc([N+](=O)[O-])cc2)n1CC1CCCO1. The van der Waals surface area contributed by atoms with E-state index in [4.69, 9.17) is 9.47 Å². The summed E-state index contributed by atoms with van der Waals surface area (Å²) in [4.78, 5) is 22.4. The lowest BCUT2D eigenvalue weighted by Crippen LogP contribution is -2.20. The van der Waals surface area contributed by atoms with Gasteiger partial charge in [0.15, 0.2) is 11.0 Å². The normalized spacial score (nSPS) is 17.4. The van der Waals surface area contributed by atoms with E-state index in [0.717, 1.165) is 19.4 Å². The van der Waals surface area contributed by atoms with Crippen molar-refractivity contribution >= 4 is 23.4 Å². The Hall–Kier alpha value is -2.46. The summed E-state index contributed by atoms with van der Waals surface area (Å²) in [6, 6.07) is 6.18. The van der Waals surface area contributed by atoms with Crippen LogP contribution >= 0.6 is 11.8 Å². The van der Waals surface area contributed by atoms with Crippen LogP contribution in [0.4, 0.5) is 5.69 Å². The van der Waals surface area contributed by atoms with Crippen LogP contribution < -0.4 is 0 Å².